The number of halogens is 1. The topological polar surface area (TPSA) is 29.5 Å². The van der Waals surface area contributed by atoms with Gasteiger partial charge in [0.2, 0.25) is 0 Å². The van der Waals surface area contributed by atoms with Crippen molar-refractivity contribution in [3.63, 3.8) is 0 Å². The number of benzene rings is 1. The number of aliphatic hydroxyl groups is 1. The first-order chi connectivity index (χ1) is 6.95. The van der Waals surface area contributed by atoms with E-state index in [2.05, 4.69) is 29.8 Å². The van der Waals surface area contributed by atoms with E-state index in [1.165, 1.54) is 5.56 Å². The first kappa shape index (κ1) is 11.0. The average Bonchev–Trinajstić information content (AvgIpc) is 2.37. The first-order valence-corrected chi connectivity index (χ1v) is 5.81. The quantitative estimate of drug-likeness (QED) is 0.850. The highest BCUT2D eigenvalue weighted by Crippen LogP contribution is 2.48. The molecule has 1 unspecified atom stereocenters. The molecule has 0 amide bonds. The average molecular weight is 271 g/mol. The van der Waals surface area contributed by atoms with Crippen molar-refractivity contribution >= 4 is 15.9 Å². The Morgan fingerprint density at radius 1 is 1.47 bits per heavy atom. The van der Waals surface area contributed by atoms with Crippen LogP contribution in [-0.2, 0) is 5.41 Å². The van der Waals surface area contributed by atoms with Gasteiger partial charge in [-0.3, -0.25) is 0 Å². The maximum absolute atomic E-state index is 9.98. The molecule has 0 saturated heterocycles. The van der Waals surface area contributed by atoms with Crippen LogP contribution in [0.3, 0.4) is 0 Å². The van der Waals surface area contributed by atoms with E-state index in [4.69, 9.17) is 4.74 Å². The molecule has 0 heterocycles. The lowest BCUT2D eigenvalue weighted by atomic mass is 9.86. The van der Waals surface area contributed by atoms with Gasteiger partial charge in [0.05, 0.1) is 13.2 Å². The highest BCUT2D eigenvalue weighted by Gasteiger charge is 2.37. The number of hydrogen-bond donors (Lipinski definition) is 1. The number of fused-ring (bicyclic) bond motifs is 1. The van der Waals surface area contributed by atoms with Crippen LogP contribution < -0.4 is 4.74 Å². The summed E-state index contributed by atoms with van der Waals surface area (Å²) in [5.41, 5.74) is 2.22. The zero-order valence-corrected chi connectivity index (χ0v) is 10.8. The van der Waals surface area contributed by atoms with Gasteiger partial charge in [-0.1, -0.05) is 29.8 Å². The van der Waals surface area contributed by atoms with Crippen molar-refractivity contribution in [2.45, 2.75) is 31.8 Å². The summed E-state index contributed by atoms with van der Waals surface area (Å²) < 4.78 is 6.22. The Kier molecular flexibility index (Phi) is 2.55. The number of rotatable bonds is 1. The molecule has 1 aromatic carbocycles. The molecule has 0 radical (unpaired) electrons. The summed E-state index contributed by atoms with van der Waals surface area (Å²) in [4.78, 5) is 0. The minimum absolute atomic E-state index is 0.0276. The molecule has 82 valence electrons. The molecule has 1 aliphatic carbocycles. The van der Waals surface area contributed by atoms with Crippen LogP contribution in [0.15, 0.2) is 16.6 Å². The summed E-state index contributed by atoms with van der Waals surface area (Å²) in [6.45, 7) is 4.30. The van der Waals surface area contributed by atoms with Crippen molar-refractivity contribution in [1.82, 2.24) is 0 Å². The zero-order chi connectivity index (χ0) is 11.2. The first-order valence-electron chi connectivity index (χ1n) is 5.01. The highest BCUT2D eigenvalue weighted by molar-refractivity contribution is 9.10. The Hall–Kier alpha value is -0.540. The molecule has 1 atom stereocenters. The van der Waals surface area contributed by atoms with E-state index in [9.17, 15) is 5.11 Å². The molecule has 15 heavy (non-hydrogen) atoms. The van der Waals surface area contributed by atoms with Crippen molar-refractivity contribution in [1.29, 1.82) is 0 Å². The Labute approximate surface area is 98.4 Å². The predicted octanol–water partition coefficient (Wildman–Crippen LogP) is 3.17. The van der Waals surface area contributed by atoms with Crippen LogP contribution >= 0.6 is 15.9 Å². The second-order valence-electron chi connectivity index (χ2n) is 4.68. The lowest BCUT2D eigenvalue weighted by Gasteiger charge is -2.20. The number of ether oxygens (including phenoxy) is 1. The van der Waals surface area contributed by atoms with Crippen molar-refractivity contribution in [2.24, 2.45) is 0 Å². The summed E-state index contributed by atoms with van der Waals surface area (Å²) >= 11 is 3.55. The van der Waals surface area contributed by atoms with Crippen molar-refractivity contribution in [2.75, 3.05) is 7.11 Å². The summed E-state index contributed by atoms with van der Waals surface area (Å²) in [5, 5.41) is 9.98. The molecule has 1 aromatic rings. The van der Waals surface area contributed by atoms with E-state index in [0.29, 0.717) is 0 Å². The van der Waals surface area contributed by atoms with Gasteiger partial charge < -0.3 is 9.84 Å². The third-order valence-electron chi connectivity index (χ3n) is 3.07. The molecule has 3 heteroatoms. The standard InChI is InChI=1S/C12H15BrO2/c1-12(2)6-10(14)8-4-7(15-3)5-9(13)11(8)12/h4-5,10,14H,6H2,1-3H3. The van der Waals surface area contributed by atoms with Crippen molar-refractivity contribution < 1.29 is 9.84 Å². The van der Waals surface area contributed by atoms with Gasteiger partial charge in [0.1, 0.15) is 5.75 Å². The predicted molar refractivity (Wildman–Crippen MR) is 63.3 cm³/mol. The molecule has 1 N–H and O–H groups in total. The van der Waals surface area contributed by atoms with Crippen LogP contribution in [0.5, 0.6) is 5.75 Å². The maximum atomic E-state index is 9.98. The van der Waals surface area contributed by atoms with Crippen LogP contribution in [0.25, 0.3) is 0 Å². The molecule has 0 saturated carbocycles. The van der Waals surface area contributed by atoms with Crippen molar-refractivity contribution in [3.05, 3.63) is 27.7 Å². The number of aliphatic hydroxyl groups excluding tert-OH is 1. The van der Waals surface area contributed by atoms with Crippen molar-refractivity contribution in [3.8, 4) is 5.75 Å². The highest BCUT2D eigenvalue weighted by atomic mass is 79.9. The van der Waals surface area contributed by atoms with Crippen LogP contribution in [0.4, 0.5) is 0 Å². The molecule has 0 aliphatic heterocycles. The van der Waals surface area contributed by atoms with Gasteiger partial charge in [-0.15, -0.1) is 0 Å². The monoisotopic (exact) mass is 270 g/mol. The molecule has 0 bridgehead atoms. The summed E-state index contributed by atoms with van der Waals surface area (Å²) in [6, 6.07) is 3.89. The van der Waals surface area contributed by atoms with Gasteiger partial charge in [-0.05, 0) is 35.1 Å². The Balaban J connectivity index is 2.63. The van der Waals surface area contributed by atoms with Crippen LogP contribution in [0, 0.1) is 0 Å². The lowest BCUT2D eigenvalue weighted by molar-refractivity contribution is 0.161. The molecule has 0 spiro atoms. The Morgan fingerprint density at radius 3 is 2.73 bits per heavy atom. The zero-order valence-electron chi connectivity index (χ0n) is 9.17. The molecule has 2 nitrogen and oxygen atoms in total. The van der Waals surface area contributed by atoms with Gasteiger partial charge in [0.25, 0.3) is 0 Å². The van der Waals surface area contributed by atoms with Gasteiger partial charge >= 0.3 is 0 Å². The van der Waals surface area contributed by atoms with E-state index in [1.54, 1.807) is 7.11 Å². The van der Waals surface area contributed by atoms with Gasteiger partial charge in [0, 0.05) is 4.47 Å². The maximum Gasteiger partial charge on any atom is 0.120 e. The third-order valence-corrected chi connectivity index (χ3v) is 3.69. The second-order valence-corrected chi connectivity index (χ2v) is 5.53. The molecule has 0 fully saturated rings. The molecule has 1 aliphatic rings. The van der Waals surface area contributed by atoms with E-state index in [-0.39, 0.29) is 11.5 Å². The molecule has 2 rings (SSSR count). The normalized spacial score (nSPS) is 22.6. The second kappa shape index (κ2) is 3.49. The Morgan fingerprint density at radius 2 is 2.13 bits per heavy atom. The molecular formula is C12H15BrO2. The van der Waals surface area contributed by atoms with Crippen LogP contribution in [-0.4, -0.2) is 12.2 Å². The molecular weight excluding hydrogens is 256 g/mol. The smallest absolute Gasteiger partial charge is 0.120 e. The van der Waals surface area contributed by atoms with Gasteiger partial charge in [0.15, 0.2) is 0 Å². The SMILES string of the molecule is COc1cc(Br)c2c(c1)C(O)CC2(C)C. The minimum atomic E-state index is -0.374. The van der Waals surface area contributed by atoms with Crippen LogP contribution in [0.2, 0.25) is 0 Å². The van der Waals surface area contributed by atoms with E-state index in [0.717, 1.165) is 22.2 Å². The van der Waals surface area contributed by atoms with Crippen LogP contribution in [0.1, 0.15) is 37.5 Å². The van der Waals surface area contributed by atoms with E-state index >= 15 is 0 Å². The minimum Gasteiger partial charge on any atom is -0.497 e. The number of methoxy groups -OCH3 is 1. The fourth-order valence-corrected chi connectivity index (χ4v) is 3.38. The largest absolute Gasteiger partial charge is 0.497 e. The summed E-state index contributed by atoms with van der Waals surface area (Å²) in [6.07, 6.45) is 0.398. The van der Waals surface area contributed by atoms with E-state index in [1.807, 2.05) is 12.1 Å². The molecule has 0 aromatic heterocycles. The summed E-state index contributed by atoms with van der Waals surface area (Å²) in [7, 11) is 1.64. The Bertz CT molecular complexity index is 399. The van der Waals surface area contributed by atoms with E-state index < -0.39 is 0 Å². The van der Waals surface area contributed by atoms with Gasteiger partial charge in [-0.25, -0.2) is 0 Å². The summed E-state index contributed by atoms with van der Waals surface area (Å²) in [5.74, 6) is 0.789. The van der Waals surface area contributed by atoms with Gasteiger partial charge in [-0.2, -0.15) is 0 Å². The fourth-order valence-electron chi connectivity index (χ4n) is 2.39. The lowest BCUT2D eigenvalue weighted by Crippen LogP contribution is -2.13. The number of hydrogen-bond acceptors (Lipinski definition) is 2. The third kappa shape index (κ3) is 1.68. The fraction of sp³-hybridized carbons (Fsp3) is 0.500.